The summed E-state index contributed by atoms with van der Waals surface area (Å²) in [6, 6.07) is 6.33. The monoisotopic (exact) mass is 321 g/mol. The van der Waals surface area contributed by atoms with Gasteiger partial charge in [0.1, 0.15) is 18.4 Å². The normalized spacial score (nSPS) is 13.8. The zero-order valence-electron chi connectivity index (χ0n) is 14.5. The smallest absolute Gasteiger partial charge is 0.312 e. The molecule has 1 aromatic carbocycles. The predicted octanol–water partition coefficient (Wildman–Crippen LogP) is 1.92. The van der Waals surface area contributed by atoms with E-state index in [0.717, 1.165) is 5.75 Å². The number of urea groups is 1. The van der Waals surface area contributed by atoms with E-state index < -0.39 is 12.1 Å². The first kappa shape index (κ1) is 18.8. The Morgan fingerprint density at radius 2 is 1.70 bits per heavy atom. The van der Waals surface area contributed by atoms with Gasteiger partial charge in [-0.15, -0.1) is 0 Å². The topological polar surface area (TPSA) is 93.4 Å². The van der Waals surface area contributed by atoms with Gasteiger partial charge in [-0.3, -0.25) is 4.79 Å². The Labute approximate surface area is 137 Å². The third-order valence-corrected chi connectivity index (χ3v) is 3.36. The maximum Gasteiger partial charge on any atom is 0.312 e. The maximum atomic E-state index is 11.8. The molecule has 0 spiro atoms. The van der Waals surface area contributed by atoms with Gasteiger partial charge in [0.2, 0.25) is 5.91 Å². The minimum atomic E-state index is -0.726. The van der Waals surface area contributed by atoms with Gasteiger partial charge in [-0.25, -0.2) is 4.79 Å². The van der Waals surface area contributed by atoms with E-state index in [9.17, 15) is 9.59 Å². The minimum Gasteiger partial charge on any atom is -0.491 e. The molecule has 0 saturated heterocycles. The average molecular weight is 321 g/mol. The van der Waals surface area contributed by atoms with Gasteiger partial charge in [-0.1, -0.05) is 32.9 Å². The van der Waals surface area contributed by atoms with Gasteiger partial charge < -0.3 is 21.1 Å². The number of nitrogens with two attached hydrogens (primary N) is 1. The summed E-state index contributed by atoms with van der Waals surface area (Å²) in [5.74, 6) is 0.449. The summed E-state index contributed by atoms with van der Waals surface area (Å²) in [4.78, 5) is 22.5. The summed E-state index contributed by atoms with van der Waals surface area (Å²) in [5, 5.41) is 5.08. The Bertz CT molecular complexity index is 535. The first-order valence-electron chi connectivity index (χ1n) is 7.69. The molecule has 6 heteroatoms. The van der Waals surface area contributed by atoms with Crippen LogP contribution in [0.4, 0.5) is 4.79 Å². The highest BCUT2D eigenvalue weighted by Gasteiger charge is 2.17. The minimum absolute atomic E-state index is 0.101. The molecule has 3 amide bonds. The number of carbonyl (C=O) groups is 2. The maximum absolute atomic E-state index is 11.8. The lowest BCUT2D eigenvalue weighted by molar-refractivity contribution is -0.123. The lowest BCUT2D eigenvalue weighted by Gasteiger charge is -2.20. The number of amides is 3. The molecule has 2 atom stereocenters. The van der Waals surface area contributed by atoms with Crippen LogP contribution in [0, 0.1) is 0 Å². The molecule has 0 aliphatic heterocycles. The van der Waals surface area contributed by atoms with Crippen molar-refractivity contribution in [3.63, 3.8) is 0 Å². The molecule has 0 aromatic heterocycles. The molecule has 0 saturated carbocycles. The second-order valence-corrected chi connectivity index (χ2v) is 6.73. The highest BCUT2D eigenvalue weighted by Crippen LogP contribution is 2.24. The lowest BCUT2D eigenvalue weighted by atomic mass is 9.87. The Kier molecular flexibility index (Phi) is 6.42. The van der Waals surface area contributed by atoms with Crippen LogP contribution in [0.3, 0.4) is 0 Å². The molecule has 0 heterocycles. The van der Waals surface area contributed by atoms with Gasteiger partial charge in [0.05, 0.1) is 6.04 Å². The van der Waals surface area contributed by atoms with Crippen molar-refractivity contribution in [2.45, 2.75) is 52.1 Å². The number of primary amides is 1. The van der Waals surface area contributed by atoms with Crippen LogP contribution in [-0.4, -0.2) is 30.6 Å². The number of rotatable bonds is 6. The molecule has 2 unspecified atom stereocenters. The fourth-order valence-electron chi connectivity index (χ4n) is 1.96. The molecule has 128 valence electrons. The van der Waals surface area contributed by atoms with Crippen LogP contribution >= 0.6 is 0 Å². The number of benzene rings is 1. The van der Waals surface area contributed by atoms with Crippen molar-refractivity contribution in [1.29, 1.82) is 0 Å². The first-order valence-corrected chi connectivity index (χ1v) is 7.69. The van der Waals surface area contributed by atoms with Crippen molar-refractivity contribution in [1.82, 2.24) is 10.6 Å². The first-order chi connectivity index (χ1) is 10.6. The second kappa shape index (κ2) is 7.85. The van der Waals surface area contributed by atoms with Crippen LogP contribution in [0.25, 0.3) is 0 Å². The SMILES string of the molecule is CC(COc1ccc(C(C)(C)C)cc1)NC(=O)C(C)NC(N)=O. The van der Waals surface area contributed by atoms with Crippen LogP contribution in [-0.2, 0) is 10.2 Å². The third kappa shape index (κ3) is 6.59. The highest BCUT2D eigenvalue weighted by atomic mass is 16.5. The van der Waals surface area contributed by atoms with E-state index in [1.54, 1.807) is 6.92 Å². The Hall–Kier alpha value is -2.24. The van der Waals surface area contributed by atoms with E-state index in [1.165, 1.54) is 5.56 Å². The van der Waals surface area contributed by atoms with E-state index in [1.807, 2.05) is 31.2 Å². The largest absolute Gasteiger partial charge is 0.491 e. The number of hydrogen-bond donors (Lipinski definition) is 3. The molecule has 6 nitrogen and oxygen atoms in total. The van der Waals surface area contributed by atoms with Crippen molar-refractivity contribution in [3.05, 3.63) is 29.8 Å². The van der Waals surface area contributed by atoms with E-state index >= 15 is 0 Å². The van der Waals surface area contributed by atoms with Gasteiger partial charge in [-0.05, 0) is 37.0 Å². The zero-order chi connectivity index (χ0) is 17.6. The van der Waals surface area contributed by atoms with Gasteiger partial charge in [0.15, 0.2) is 0 Å². The lowest BCUT2D eigenvalue weighted by Crippen LogP contribution is -2.50. The summed E-state index contributed by atoms with van der Waals surface area (Å²) in [7, 11) is 0. The molecule has 4 N–H and O–H groups in total. The van der Waals surface area contributed by atoms with Crippen LogP contribution < -0.4 is 21.1 Å². The van der Waals surface area contributed by atoms with E-state index in [2.05, 4.69) is 31.4 Å². The van der Waals surface area contributed by atoms with Crippen molar-refractivity contribution in [2.24, 2.45) is 5.73 Å². The number of hydrogen-bond acceptors (Lipinski definition) is 3. The molecular formula is C17H27N3O3. The molecule has 0 aliphatic rings. The van der Waals surface area contributed by atoms with Gasteiger partial charge in [0, 0.05) is 0 Å². The predicted molar refractivity (Wildman–Crippen MR) is 90.4 cm³/mol. The van der Waals surface area contributed by atoms with Gasteiger partial charge in [0.25, 0.3) is 0 Å². The summed E-state index contributed by atoms with van der Waals surface area (Å²) >= 11 is 0. The highest BCUT2D eigenvalue weighted by molar-refractivity contribution is 5.86. The van der Waals surface area contributed by atoms with Gasteiger partial charge in [-0.2, -0.15) is 0 Å². The van der Waals surface area contributed by atoms with Crippen molar-refractivity contribution < 1.29 is 14.3 Å². The summed E-state index contributed by atoms with van der Waals surface area (Å²) in [6.07, 6.45) is 0. The van der Waals surface area contributed by atoms with E-state index in [4.69, 9.17) is 10.5 Å². The van der Waals surface area contributed by atoms with Crippen molar-refractivity contribution >= 4 is 11.9 Å². The molecule has 0 radical (unpaired) electrons. The van der Waals surface area contributed by atoms with Crippen LogP contribution in [0.2, 0.25) is 0 Å². The fourth-order valence-corrected chi connectivity index (χ4v) is 1.96. The van der Waals surface area contributed by atoms with E-state index in [-0.39, 0.29) is 17.4 Å². The van der Waals surface area contributed by atoms with Crippen LogP contribution in [0.15, 0.2) is 24.3 Å². The zero-order valence-corrected chi connectivity index (χ0v) is 14.5. The molecule has 0 fully saturated rings. The molecule has 0 bridgehead atoms. The summed E-state index contributed by atoms with van der Waals surface area (Å²) < 4.78 is 5.67. The average Bonchev–Trinajstić information content (AvgIpc) is 2.43. The molecular weight excluding hydrogens is 294 g/mol. The summed E-state index contributed by atoms with van der Waals surface area (Å²) in [6.45, 7) is 10.2. The third-order valence-electron chi connectivity index (χ3n) is 3.36. The van der Waals surface area contributed by atoms with Crippen molar-refractivity contribution in [3.8, 4) is 5.75 Å². The number of carbonyl (C=O) groups excluding carboxylic acids is 2. The van der Waals surface area contributed by atoms with Crippen LogP contribution in [0.5, 0.6) is 5.75 Å². The molecule has 1 rings (SSSR count). The fraction of sp³-hybridized carbons (Fsp3) is 0.529. The Balaban J connectivity index is 2.45. The standard InChI is InChI=1S/C17H27N3O3/c1-11(19-15(21)12(2)20-16(18)22)10-23-14-8-6-13(7-9-14)17(3,4)5/h6-9,11-12H,10H2,1-5H3,(H,19,21)(H3,18,20,22). The second-order valence-electron chi connectivity index (χ2n) is 6.73. The van der Waals surface area contributed by atoms with Gasteiger partial charge >= 0.3 is 6.03 Å². The van der Waals surface area contributed by atoms with Crippen molar-refractivity contribution in [2.75, 3.05) is 6.61 Å². The Morgan fingerprint density at radius 1 is 1.13 bits per heavy atom. The van der Waals surface area contributed by atoms with E-state index in [0.29, 0.717) is 6.61 Å². The molecule has 1 aromatic rings. The summed E-state index contributed by atoms with van der Waals surface area (Å²) in [5.41, 5.74) is 6.32. The van der Waals surface area contributed by atoms with Crippen LogP contribution in [0.1, 0.15) is 40.2 Å². The Morgan fingerprint density at radius 3 is 2.17 bits per heavy atom. The molecule has 23 heavy (non-hydrogen) atoms. The quantitative estimate of drug-likeness (QED) is 0.747. The number of nitrogens with one attached hydrogen (secondary N) is 2. The molecule has 0 aliphatic carbocycles. The number of ether oxygens (including phenoxy) is 1.